The highest BCUT2D eigenvalue weighted by Gasteiger charge is 2.29. The average Bonchev–Trinajstić information content (AvgIpc) is 2.62. The highest BCUT2D eigenvalue weighted by Crippen LogP contribution is 2.47. The first-order valence-electron chi connectivity index (χ1n) is 8.92. The largest absolute Gasteiger partial charge is 0.301 e. The van der Waals surface area contributed by atoms with E-state index in [1.807, 2.05) is 11.8 Å². The molecule has 2 heterocycles. The molecule has 0 aromatic heterocycles. The lowest BCUT2D eigenvalue weighted by molar-refractivity contribution is 0.162. The molecule has 0 spiro atoms. The van der Waals surface area contributed by atoms with Crippen LogP contribution in [0.25, 0.3) is 0 Å². The number of benzene rings is 2. The second-order valence-electron chi connectivity index (χ2n) is 6.91. The van der Waals surface area contributed by atoms with Gasteiger partial charge in [0.2, 0.25) is 0 Å². The number of fused-ring (bicyclic) bond motifs is 2. The van der Waals surface area contributed by atoms with Gasteiger partial charge in [-0.05, 0) is 62.5 Å². The van der Waals surface area contributed by atoms with Crippen molar-refractivity contribution in [1.29, 1.82) is 0 Å². The fourth-order valence-electron chi connectivity index (χ4n) is 4.11. The van der Waals surface area contributed by atoms with Gasteiger partial charge in [-0.15, -0.1) is 0 Å². The van der Waals surface area contributed by atoms with Gasteiger partial charge in [-0.1, -0.05) is 54.6 Å². The molecule has 2 aromatic rings. The summed E-state index contributed by atoms with van der Waals surface area (Å²) in [7, 11) is 0. The zero-order valence-corrected chi connectivity index (χ0v) is 14.7. The van der Waals surface area contributed by atoms with Gasteiger partial charge in [0, 0.05) is 21.8 Å². The van der Waals surface area contributed by atoms with Crippen molar-refractivity contribution in [2.24, 2.45) is 0 Å². The predicted octanol–water partition coefficient (Wildman–Crippen LogP) is 5.55. The van der Waals surface area contributed by atoms with Crippen molar-refractivity contribution in [3.8, 4) is 0 Å². The van der Waals surface area contributed by atoms with E-state index in [0.29, 0.717) is 12.0 Å². The minimum absolute atomic E-state index is 0.542. The van der Waals surface area contributed by atoms with Crippen molar-refractivity contribution < 1.29 is 0 Å². The minimum Gasteiger partial charge on any atom is -0.301 e. The Hall–Kier alpha value is -1.25. The summed E-state index contributed by atoms with van der Waals surface area (Å²) in [4.78, 5) is 5.60. The fraction of sp³-hybridized carbons (Fsp3) is 0.429. The van der Waals surface area contributed by atoms with Crippen LogP contribution >= 0.6 is 11.8 Å². The van der Waals surface area contributed by atoms with Crippen molar-refractivity contribution in [2.75, 3.05) is 13.1 Å². The van der Waals surface area contributed by atoms with E-state index in [2.05, 4.69) is 60.4 Å². The van der Waals surface area contributed by atoms with Crippen molar-refractivity contribution in [3.63, 3.8) is 0 Å². The summed E-state index contributed by atoms with van der Waals surface area (Å²) in [5.41, 5.74) is 3.06. The van der Waals surface area contributed by atoms with Crippen LogP contribution < -0.4 is 0 Å². The van der Waals surface area contributed by atoms with E-state index in [1.54, 1.807) is 0 Å². The molecule has 23 heavy (non-hydrogen) atoms. The normalized spacial score (nSPS) is 19.9. The first kappa shape index (κ1) is 15.3. The van der Waals surface area contributed by atoms with Crippen LogP contribution in [0.4, 0.5) is 0 Å². The molecule has 120 valence electrons. The summed E-state index contributed by atoms with van der Waals surface area (Å²) >= 11 is 1.94. The molecule has 1 atom stereocenters. The lowest BCUT2D eigenvalue weighted by atomic mass is 9.85. The van der Waals surface area contributed by atoms with Crippen LogP contribution in [0.3, 0.4) is 0 Å². The summed E-state index contributed by atoms with van der Waals surface area (Å²) in [6, 6.07) is 18.7. The number of piperidine rings is 1. The average molecular weight is 324 g/mol. The standard InChI is InChI=1S/C21H25NS/c1-16(22-13-7-2-8-14-22)15-19-17-9-3-5-11-20(17)23-21-12-6-4-10-18(19)21/h3-6,9-12,16,19H,2,7-8,13-15H2,1H3. The quantitative estimate of drug-likeness (QED) is 0.729. The summed E-state index contributed by atoms with van der Waals surface area (Å²) < 4.78 is 0. The van der Waals surface area contributed by atoms with Gasteiger partial charge in [0.05, 0.1) is 0 Å². The van der Waals surface area contributed by atoms with E-state index in [9.17, 15) is 0 Å². The molecule has 1 saturated heterocycles. The van der Waals surface area contributed by atoms with Crippen molar-refractivity contribution in [1.82, 2.24) is 4.90 Å². The fourth-order valence-corrected chi connectivity index (χ4v) is 5.30. The molecule has 2 heteroatoms. The highest BCUT2D eigenvalue weighted by atomic mass is 32.2. The van der Waals surface area contributed by atoms with Crippen molar-refractivity contribution in [3.05, 3.63) is 59.7 Å². The molecule has 0 saturated carbocycles. The third-order valence-electron chi connectivity index (χ3n) is 5.40. The number of likely N-dealkylation sites (tertiary alicyclic amines) is 1. The van der Waals surface area contributed by atoms with Crippen molar-refractivity contribution in [2.45, 2.75) is 54.4 Å². The van der Waals surface area contributed by atoms with E-state index in [1.165, 1.54) is 59.7 Å². The molecular weight excluding hydrogens is 298 g/mol. The first-order valence-corrected chi connectivity index (χ1v) is 9.74. The Bertz CT molecular complexity index is 630. The minimum atomic E-state index is 0.542. The van der Waals surface area contributed by atoms with E-state index < -0.39 is 0 Å². The van der Waals surface area contributed by atoms with Gasteiger partial charge in [-0.3, -0.25) is 0 Å². The SMILES string of the molecule is CC(CC1c2ccccc2Sc2ccccc21)N1CCCCC1. The molecular formula is C21H25NS. The number of hydrogen-bond donors (Lipinski definition) is 0. The number of nitrogens with zero attached hydrogens (tertiary/aromatic N) is 1. The summed E-state index contributed by atoms with van der Waals surface area (Å²) in [5.74, 6) is 0.542. The molecule has 1 unspecified atom stereocenters. The summed E-state index contributed by atoms with van der Waals surface area (Å²) in [6.45, 7) is 5.00. The van der Waals surface area contributed by atoms with Gasteiger partial charge >= 0.3 is 0 Å². The molecule has 0 radical (unpaired) electrons. The van der Waals surface area contributed by atoms with Gasteiger partial charge in [0.1, 0.15) is 0 Å². The van der Waals surface area contributed by atoms with Crippen LogP contribution in [-0.2, 0) is 0 Å². The Labute approximate surface area is 144 Å². The molecule has 0 amide bonds. The molecule has 2 aliphatic rings. The Balaban J connectivity index is 1.64. The van der Waals surface area contributed by atoms with Crippen LogP contribution in [-0.4, -0.2) is 24.0 Å². The zero-order valence-electron chi connectivity index (χ0n) is 13.9. The van der Waals surface area contributed by atoms with Crippen LogP contribution in [0.1, 0.15) is 49.7 Å². The molecule has 2 aromatic carbocycles. The summed E-state index contributed by atoms with van der Waals surface area (Å²) in [6.07, 6.45) is 5.39. The zero-order chi connectivity index (χ0) is 15.6. The molecule has 1 nitrogen and oxygen atoms in total. The molecule has 1 fully saturated rings. The van der Waals surface area contributed by atoms with Crippen LogP contribution in [0.15, 0.2) is 58.3 Å². The first-order chi connectivity index (χ1) is 11.3. The maximum absolute atomic E-state index is 2.70. The Morgan fingerprint density at radius 3 is 2.09 bits per heavy atom. The van der Waals surface area contributed by atoms with Crippen LogP contribution in [0, 0.1) is 0 Å². The Morgan fingerprint density at radius 1 is 0.913 bits per heavy atom. The maximum Gasteiger partial charge on any atom is 0.0160 e. The van der Waals surface area contributed by atoms with Crippen molar-refractivity contribution >= 4 is 11.8 Å². The molecule has 0 bridgehead atoms. The Kier molecular flexibility index (Phi) is 4.46. The van der Waals surface area contributed by atoms with E-state index in [0.717, 1.165) is 0 Å². The molecule has 4 rings (SSSR count). The topological polar surface area (TPSA) is 3.24 Å². The Morgan fingerprint density at radius 2 is 1.48 bits per heavy atom. The second-order valence-corrected chi connectivity index (χ2v) is 8.00. The molecule has 2 aliphatic heterocycles. The van der Waals surface area contributed by atoms with Gasteiger partial charge < -0.3 is 4.90 Å². The lowest BCUT2D eigenvalue weighted by Gasteiger charge is -2.36. The highest BCUT2D eigenvalue weighted by molar-refractivity contribution is 7.99. The van der Waals surface area contributed by atoms with Crippen LogP contribution in [0.2, 0.25) is 0 Å². The number of hydrogen-bond acceptors (Lipinski definition) is 2. The van der Waals surface area contributed by atoms with Gasteiger partial charge in [0.15, 0.2) is 0 Å². The third-order valence-corrected chi connectivity index (χ3v) is 6.58. The van der Waals surface area contributed by atoms with E-state index in [-0.39, 0.29) is 0 Å². The second kappa shape index (κ2) is 6.70. The molecule has 0 aliphatic carbocycles. The van der Waals surface area contributed by atoms with Crippen LogP contribution in [0.5, 0.6) is 0 Å². The van der Waals surface area contributed by atoms with Gasteiger partial charge in [-0.25, -0.2) is 0 Å². The summed E-state index contributed by atoms with van der Waals surface area (Å²) in [5, 5.41) is 0. The monoisotopic (exact) mass is 323 g/mol. The third kappa shape index (κ3) is 3.07. The van der Waals surface area contributed by atoms with E-state index in [4.69, 9.17) is 0 Å². The smallest absolute Gasteiger partial charge is 0.0160 e. The van der Waals surface area contributed by atoms with Gasteiger partial charge in [-0.2, -0.15) is 0 Å². The van der Waals surface area contributed by atoms with E-state index >= 15 is 0 Å². The molecule has 0 N–H and O–H groups in total. The predicted molar refractivity (Wildman–Crippen MR) is 98.4 cm³/mol. The van der Waals surface area contributed by atoms with Gasteiger partial charge in [0.25, 0.3) is 0 Å². The lowest BCUT2D eigenvalue weighted by Crippen LogP contribution is -2.38. The maximum atomic E-state index is 2.70. The number of rotatable bonds is 3.